The molecule has 1 aromatic carbocycles. The lowest BCUT2D eigenvalue weighted by molar-refractivity contribution is -0.148. The first-order valence-corrected chi connectivity index (χ1v) is 6.92. The maximum absolute atomic E-state index is 12.3. The van der Waals surface area contributed by atoms with Gasteiger partial charge in [0, 0.05) is 18.7 Å². The Morgan fingerprint density at radius 2 is 1.85 bits per heavy atom. The number of carbonyl (C=O) groups excluding carboxylic acids is 1. The second-order valence-corrected chi connectivity index (χ2v) is 5.84. The molecule has 1 aliphatic rings. The van der Waals surface area contributed by atoms with Crippen LogP contribution in [0.3, 0.4) is 0 Å². The van der Waals surface area contributed by atoms with Crippen molar-refractivity contribution in [1.82, 2.24) is 0 Å². The standard InChI is InChI=1S/C16H21NO3/c1-5-16(15(19)20)8-13(18)17(9-16)14-11(3)6-10(2)7-12(14)4/h6-7H,5,8-9H2,1-4H3,(H,19,20). The number of carboxylic acid groups (broad SMARTS) is 1. The molecule has 0 radical (unpaired) electrons. The van der Waals surface area contributed by atoms with Crippen LogP contribution in [0.4, 0.5) is 5.69 Å². The normalized spacial score (nSPS) is 22.4. The minimum absolute atomic E-state index is 0.0889. The average Bonchev–Trinajstić information content (AvgIpc) is 2.67. The highest BCUT2D eigenvalue weighted by molar-refractivity contribution is 6.01. The summed E-state index contributed by atoms with van der Waals surface area (Å²) in [7, 11) is 0. The quantitative estimate of drug-likeness (QED) is 0.922. The number of amides is 1. The van der Waals surface area contributed by atoms with E-state index in [1.54, 1.807) is 4.90 Å². The second-order valence-electron chi connectivity index (χ2n) is 5.84. The summed E-state index contributed by atoms with van der Waals surface area (Å²) in [5.74, 6) is -0.970. The van der Waals surface area contributed by atoms with Gasteiger partial charge >= 0.3 is 5.97 Å². The number of hydrogen-bond acceptors (Lipinski definition) is 2. The summed E-state index contributed by atoms with van der Waals surface area (Å²) in [6, 6.07) is 4.06. The van der Waals surface area contributed by atoms with Gasteiger partial charge in [0.05, 0.1) is 5.41 Å². The minimum Gasteiger partial charge on any atom is -0.481 e. The Balaban J connectivity index is 2.46. The summed E-state index contributed by atoms with van der Waals surface area (Å²) in [6.07, 6.45) is 0.556. The van der Waals surface area contributed by atoms with Crippen LogP contribution in [0, 0.1) is 26.2 Å². The summed E-state index contributed by atoms with van der Waals surface area (Å²) >= 11 is 0. The van der Waals surface area contributed by atoms with Gasteiger partial charge < -0.3 is 10.0 Å². The molecule has 0 aliphatic carbocycles. The van der Waals surface area contributed by atoms with Gasteiger partial charge in [-0.15, -0.1) is 0 Å². The highest BCUT2D eigenvalue weighted by Gasteiger charge is 2.48. The summed E-state index contributed by atoms with van der Waals surface area (Å²) in [5.41, 5.74) is 3.12. The third kappa shape index (κ3) is 2.19. The average molecular weight is 275 g/mol. The number of aliphatic carboxylic acids is 1. The molecule has 1 amide bonds. The fraction of sp³-hybridized carbons (Fsp3) is 0.500. The van der Waals surface area contributed by atoms with Crippen molar-refractivity contribution >= 4 is 17.6 Å². The number of nitrogens with zero attached hydrogens (tertiary/aromatic N) is 1. The Bertz CT molecular complexity index is 556. The molecule has 1 fully saturated rings. The van der Waals surface area contributed by atoms with Crippen molar-refractivity contribution in [3.05, 3.63) is 28.8 Å². The molecule has 1 unspecified atom stereocenters. The number of carboxylic acids is 1. The van der Waals surface area contributed by atoms with E-state index < -0.39 is 11.4 Å². The van der Waals surface area contributed by atoms with Crippen LogP contribution in [-0.4, -0.2) is 23.5 Å². The highest BCUT2D eigenvalue weighted by atomic mass is 16.4. The van der Waals surface area contributed by atoms with E-state index in [9.17, 15) is 14.7 Å². The molecule has 1 N–H and O–H groups in total. The molecule has 1 aliphatic heterocycles. The van der Waals surface area contributed by atoms with Gasteiger partial charge in [0.1, 0.15) is 0 Å². The van der Waals surface area contributed by atoms with Crippen molar-refractivity contribution in [3.63, 3.8) is 0 Å². The number of anilines is 1. The fourth-order valence-corrected chi connectivity index (χ4v) is 3.16. The second kappa shape index (κ2) is 4.93. The van der Waals surface area contributed by atoms with Crippen LogP contribution in [-0.2, 0) is 9.59 Å². The SMILES string of the molecule is CCC1(C(=O)O)CC(=O)N(c2c(C)cc(C)cc2C)C1. The third-order valence-corrected chi connectivity index (χ3v) is 4.29. The van der Waals surface area contributed by atoms with E-state index in [2.05, 4.69) is 0 Å². The number of rotatable bonds is 3. The lowest BCUT2D eigenvalue weighted by atomic mass is 9.84. The molecule has 1 atom stereocenters. The number of aryl methyl sites for hydroxylation is 3. The molecule has 1 aromatic rings. The van der Waals surface area contributed by atoms with E-state index >= 15 is 0 Å². The van der Waals surface area contributed by atoms with Gasteiger partial charge in [-0.3, -0.25) is 9.59 Å². The van der Waals surface area contributed by atoms with Crippen molar-refractivity contribution in [2.75, 3.05) is 11.4 Å². The topological polar surface area (TPSA) is 57.6 Å². The van der Waals surface area contributed by atoms with Crippen LogP contribution in [0.5, 0.6) is 0 Å². The number of benzene rings is 1. The maximum Gasteiger partial charge on any atom is 0.311 e. The third-order valence-electron chi connectivity index (χ3n) is 4.29. The Hall–Kier alpha value is -1.84. The predicted molar refractivity (Wildman–Crippen MR) is 78.0 cm³/mol. The zero-order chi connectivity index (χ0) is 15.1. The molecule has 0 aromatic heterocycles. The summed E-state index contributed by atoms with van der Waals surface area (Å²) < 4.78 is 0. The Labute approximate surface area is 119 Å². The van der Waals surface area contributed by atoms with Crippen LogP contribution in [0.2, 0.25) is 0 Å². The molecule has 20 heavy (non-hydrogen) atoms. The lowest BCUT2D eigenvalue weighted by Gasteiger charge is -2.25. The molecule has 0 saturated carbocycles. The first-order chi connectivity index (χ1) is 9.30. The van der Waals surface area contributed by atoms with Crippen LogP contribution in [0.1, 0.15) is 36.5 Å². The van der Waals surface area contributed by atoms with Crippen molar-refractivity contribution in [1.29, 1.82) is 0 Å². The van der Waals surface area contributed by atoms with Gasteiger partial charge in [-0.05, 0) is 38.3 Å². The summed E-state index contributed by atoms with van der Waals surface area (Å²) in [4.78, 5) is 25.5. The molecule has 0 spiro atoms. The first-order valence-electron chi connectivity index (χ1n) is 6.92. The molecule has 1 heterocycles. The molecule has 4 heteroatoms. The van der Waals surface area contributed by atoms with E-state index in [4.69, 9.17) is 0 Å². The van der Waals surface area contributed by atoms with Crippen molar-refractivity contribution in [3.8, 4) is 0 Å². The molecular weight excluding hydrogens is 254 g/mol. The van der Waals surface area contributed by atoms with E-state index in [-0.39, 0.29) is 18.9 Å². The van der Waals surface area contributed by atoms with Gasteiger partial charge in [0.2, 0.25) is 5.91 Å². The van der Waals surface area contributed by atoms with Gasteiger partial charge in [-0.1, -0.05) is 24.6 Å². The molecule has 0 bridgehead atoms. The smallest absolute Gasteiger partial charge is 0.311 e. The van der Waals surface area contributed by atoms with Crippen molar-refractivity contribution in [2.24, 2.45) is 5.41 Å². The fourth-order valence-electron chi connectivity index (χ4n) is 3.16. The van der Waals surface area contributed by atoms with Gasteiger partial charge in [0.15, 0.2) is 0 Å². The highest BCUT2D eigenvalue weighted by Crippen LogP contribution is 2.39. The molecule has 4 nitrogen and oxygen atoms in total. The minimum atomic E-state index is -0.944. The van der Waals surface area contributed by atoms with Gasteiger partial charge in [-0.25, -0.2) is 0 Å². The van der Waals surface area contributed by atoms with Crippen molar-refractivity contribution < 1.29 is 14.7 Å². The Morgan fingerprint density at radius 1 is 1.30 bits per heavy atom. The van der Waals surface area contributed by atoms with E-state index in [1.807, 2.05) is 39.8 Å². The molecule has 108 valence electrons. The Morgan fingerprint density at radius 3 is 2.25 bits per heavy atom. The monoisotopic (exact) mass is 275 g/mol. The Kier molecular flexibility index (Phi) is 3.59. The summed E-state index contributed by atoms with van der Waals surface area (Å²) in [5, 5.41) is 9.45. The van der Waals surface area contributed by atoms with Crippen LogP contribution in [0.25, 0.3) is 0 Å². The number of hydrogen-bond donors (Lipinski definition) is 1. The molecule has 1 saturated heterocycles. The van der Waals surface area contributed by atoms with E-state index in [0.29, 0.717) is 6.42 Å². The predicted octanol–water partition coefficient (Wildman–Crippen LogP) is 2.83. The van der Waals surface area contributed by atoms with Crippen LogP contribution >= 0.6 is 0 Å². The van der Waals surface area contributed by atoms with Gasteiger partial charge in [-0.2, -0.15) is 0 Å². The molecule has 2 rings (SSSR count). The van der Waals surface area contributed by atoms with Crippen LogP contribution < -0.4 is 4.90 Å². The number of carbonyl (C=O) groups is 2. The van der Waals surface area contributed by atoms with Gasteiger partial charge in [0.25, 0.3) is 0 Å². The van der Waals surface area contributed by atoms with E-state index in [0.717, 1.165) is 22.4 Å². The van der Waals surface area contributed by atoms with Crippen LogP contribution in [0.15, 0.2) is 12.1 Å². The largest absolute Gasteiger partial charge is 0.481 e. The first kappa shape index (κ1) is 14.6. The lowest BCUT2D eigenvalue weighted by Crippen LogP contribution is -2.34. The van der Waals surface area contributed by atoms with E-state index in [1.165, 1.54) is 0 Å². The summed E-state index contributed by atoms with van der Waals surface area (Å²) in [6.45, 7) is 8.05. The zero-order valence-corrected chi connectivity index (χ0v) is 12.5. The molecular formula is C16H21NO3. The van der Waals surface area contributed by atoms with Crippen molar-refractivity contribution in [2.45, 2.75) is 40.5 Å². The zero-order valence-electron chi connectivity index (χ0n) is 12.5. The maximum atomic E-state index is 12.3.